The second-order valence-electron chi connectivity index (χ2n) is 2.91. The molecule has 0 unspecified atom stereocenters. The Morgan fingerprint density at radius 2 is 2.31 bits per heavy atom. The molecule has 0 aliphatic heterocycles. The van der Waals surface area contributed by atoms with E-state index in [2.05, 4.69) is 25.4 Å². The Labute approximate surface area is 90.6 Å². The van der Waals surface area contributed by atoms with E-state index in [-0.39, 0.29) is 11.6 Å². The van der Waals surface area contributed by atoms with E-state index in [4.69, 9.17) is 5.84 Å². The van der Waals surface area contributed by atoms with Gasteiger partial charge in [0.2, 0.25) is 0 Å². The van der Waals surface area contributed by atoms with E-state index in [1.807, 2.05) is 0 Å². The zero-order valence-electron chi connectivity index (χ0n) is 8.18. The number of amides is 1. The standard InChI is InChI=1S/C9H9N5O2/c10-13-6-1-3-11-7(5-6)9(15)12-8-2-4-16-14-8/h1-5H,10H2,(H,11,13)(H,12,14,15). The van der Waals surface area contributed by atoms with Crippen LogP contribution in [0.1, 0.15) is 10.5 Å². The average Bonchev–Trinajstić information content (AvgIpc) is 2.82. The van der Waals surface area contributed by atoms with Crippen LogP contribution >= 0.6 is 0 Å². The molecule has 2 aromatic heterocycles. The molecule has 0 aromatic carbocycles. The highest BCUT2D eigenvalue weighted by molar-refractivity contribution is 6.02. The SMILES string of the molecule is NNc1ccnc(C(=O)Nc2ccon2)c1. The van der Waals surface area contributed by atoms with E-state index >= 15 is 0 Å². The molecular weight excluding hydrogens is 210 g/mol. The van der Waals surface area contributed by atoms with Crippen molar-refractivity contribution in [2.75, 3.05) is 10.7 Å². The Bertz CT molecular complexity index is 482. The van der Waals surface area contributed by atoms with E-state index in [1.54, 1.807) is 6.07 Å². The zero-order valence-corrected chi connectivity index (χ0v) is 8.18. The van der Waals surface area contributed by atoms with Gasteiger partial charge in [-0.25, -0.2) is 0 Å². The highest BCUT2D eigenvalue weighted by atomic mass is 16.5. The number of nitrogen functional groups attached to an aromatic ring is 1. The summed E-state index contributed by atoms with van der Waals surface area (Å²) in [6.45, 7) is 0. The molecule has 7 heteroatoms. The van der Waals surface area contributed by atoms with E-state index < -0.39 is 0 Å². The number of nitrogens with zero attached hydrogens (tertiary/aromatic N) is 2. The van der Waals surface area contributed by atoms with Crippen LogP contribution < -0.4 is 16.6 Å². The van der Waals surface area contributed by atoms with Crippen molar-refractivity contribution in [3.05, 3.63) is 36.4 Å². The van der Waals surface area contributed by atoms with Gasteiger partial charge in [0.15, 0.2) is 5.82 Å². The predicted octanol–water partition coefficient (Wildman–Crippen LogP) is 0.608. The summed E-state index contributed by atoms with van der Waals surface area (Å²) in [7, 11) is 0. The van der Waals surface area contributed by atoms with Gasteiger partial charge in [-0.1, -0.05) is 5.16 Å². The van der Waals surface area contributed by atoms with Crippen molar-refractivity contribution >= 4 is 17.4 Å². The smallest absolute Gasteiger partial charge is 0.275 e. The minimum atomic E-state index is -0.383. The van der Waals surface area contributed by atoms with Gasteiger partial charge in [-0.05, 0) is 12.1 Å². The number of anilines is 2. The summed E-state index contributed by atoms with van der Waals surface area (Å²) in [5.74, 6) is 5.17. The first-order valence-corrected chi connectivity index (χ1v) is 4.44. The molecule has 0 bridgehead atoms. The second kappa shape index (κ2) is 4.41. The maximum atomic E-state index is 11.7. The van der Waals surface area contributed by atoms with Crippen LogP contribution in [0, 0.1) is 0 Å². The van der Waals surface area contributed by atoms with Crippen molar-refractivity contribution < 1.29 is 9.32 Å². The van der Waals surface area contributed by atoms with Crippen LogP contribution in [0.15, 0.2) is 35.2 Å². The minimum Gasteiger partial charge on any atom is -0.363 e. The van der Waals surface area contributed by atoms with Crippen LogP contribution in [-0.4, -0.2) is 16.0 Å². The lowest BCUT2D eigenvalue weighted by molar-refractivity contribution is 0.102. The quantitative estimate of drug-likeness (QED) is 0.515. The number of carbonyl (C=O) groups is 1. The van der Waals surface area contributed by atoms with Crippen molar-refractivity contribution in [1.82, 2.24) is 10.1 Å². The van der Waals surface area contributed by atoms with Gasteiger partial charge in [0, 0.05) is 12.3 Å². The monoisotopic (exact) mass is 219 g/mol. The Morgan fingerprint density at radius 1 is 1.44 bits per heavy atom. The van der Waals surface area contributed by atoms with Gasteiger partial charge in [0.25, 0.3) is 5.91 Å². The number of nitrogens with one attached hydrogen (secondary N) is 2. The number of hydrogen-bond donors (Lipinski definition) is 3. The number of hydrogen-bond acceptors (Lipinski definition) is 6. The molecule has 0 atom stereocenters. The fourth-order valence-electron chi connectivity index (χ4n) is 1.10. The number of pyridine rings is 1. The summed E-state index contributed by atoms with van der Waals surface area (Å²) in [4.78, 5) is 15.6. The van der Waals surface area contributed by atoms with Gasteiger partial charge in [-0.2, -0.15) is 0 Å². The number of carbonyl (C=O) groups excluding carboxylic acids is 1. The Kier molecular flexibility index (Phi) is 2.79. The van der Waals surface area contributed by atoms with E-state index in [0.29, 0.717) is 11.5 Å². The lowest BCUT2D eigenvalue weighted by Crippen LogP contribution is -2.15. The summed E-state index contributed by atoms with van der Waals surface area (Å²) in [5, 5.41) is 6.06. The minimum absolute atomic E-state index is 0.235. The molecule has 0 saturated heterocycles. The molecule has 82 valence electrons. The molecule has 0 spiro atoms. The highest BCUT2D eigenvalue weighted by Crippen LogP contribution is 2.08. The molecule has 2 rings (SSSR count). The highest BCUT2D eigenvalue weighted by Gasteiger charge is 2.09. The molecule has 4 N–H and O–H groups in total. The van der Waals surface area contributed by atoms with Crippen LogP contribution in [0.3, 0.4) is 0 Å². The van der Waals surface area contributed by atoms with Gasteiger partial charge < -0.3 is 15.3 Å². The molecule has 16 heavy (non-hydrogen) atoms. The molecule has 0 saturated carbocycles. The summed E-state index contributed by atoms with van der Waals surface area (Å²) in [6, 6.07) is 4.70. The van der Waals surface area contributed by atoms with Crippen molar-refractivity contribution in [2.45, 2.75) is 0 Å². The van der Waals surface area contributed by atoms with Gasteiger partial charge in [-0.3, -0.25) is 15.6 Å². The molecule has 2 heterocycles. The molecule has 0 radical (unpaired) electrons. The maximum absolute atomic E-state index is 11.7. The lowest BCUT2D eigenvalue weighted by atomic mass is 10.3. The molecule has 0 aliphatic rings. The van der Waals surface area contributed by atoms with Crippen LogP contribution in [0.4, 0.5) is 11.5 Å². The van der Waals surface area contributed by atoms with Crippen molar-refractivity contribution in [3.63, 3.8) is 0 Å². The summed E-state index contributed by atoms with van der Waals surface area (Å²) in [5.41, 5.74) is 3.26. The first kappa shape index (κ1) is 10.1. The van der Waals surface area contributed by atoms with E-state index in [1.165, 1.54) is 24.6 Å². The zero-order chi connectivity index (χ0) is 11.4. The molecular formula is C9H9N5O2. The summed E-state index contributed by atoms with van der Waals surface area (Å²) in [6.07, 6.45) is 2.84. The molecule has 0 aliphatic carbocycles. The third-order valence-corrected chi connectivity index (χ3v) is 1.84. The summed E-state index contributed by atoms with van der Waals surface area (Å²) >= 11 is 0. The molecule has 1 amide bonds. The Balaban J connectivity index is 2.14. The number of rotatable bonds is 3. The molecule has 0 fully saturated rings. The Hall–Kier alpha value is -2.41. The first-order valence-electron chi connectivity index (χ1n) is 4.44. The molecule has 2 aromatic rings. The van der Waals surface area contributed by atoms with Gasteiger partial charge >= 0.3 is 0 Å². The summed E-state index contributed by atoms with van der Waals surface area (Å²) < 4.78 is 4.58. The van der Waals surface area contributed by atoms with E-state index in [9.17, 15) is 4.79 Å². The van der Waals surface area contributed by atoms with Crippen molar-refractivity contribution in [2.24, 2.45) is 5.84 Å². The van der Waals surface area contributed by atoms with Crippen molar-refractivity contribution in [1.29, 1.82) is 0 Å². The third kappa shape index (κ3) is 2.15. The van der Waals surface area contributed by atoms with Crippen LogP contribution in [-0.2, 0) is 0 Å². The third-order valence-electron chi connectivity index (χ3n) is 1.84. The Morgan fingerprint density at radius 3 is 3.00 bits per heavy atom. The largest absolute Gasteiger partial charge is 0.363 e. The average molecular weight is 219 g/mol. The first-order chi connectivity index (χ1) is 7.79. The van der Waals surface area contributed by atoms with Crippen molar-refractivity contribution in [3.8, 4) is 0 Å². The van der Waals surface area contributed by atoms with Crippen LogP contribution in [0.5, 0.6) is 0 Å². The van der Waals surface area contributed by atoms with Crippen LogP contribution in [0.25, 0.3) is 0 Å². The van der Waals surface area contributed by atoms with E-state index in [0.717, 1.165) is 0 Å². The molecule has 7 nitrogen and oxygen atoms in total. The topological polar surface area (TPSA) is 106 Å². The maximum Gasteiger partial charge on any atom is 0.275 e. The van der Waals surface area contributed by atoms with Crippen LogP contribution in [0.2, 0.25) is 0 Å². The van der Waals surface area contributed by atoms with Gasteiger partial charge in [0.05, 0.1) is 5.69 Å². The van der Waals surface area contributed by atoms with Gasteiger partial charge in [0.1, 0.15) is 12.0 Å². The lowest BCUT2D eigenvalue weighted by Gasteiger charge is -2.03. The number of nitrogens with two attached hydrogens (primary N) is 1. The fourth-order valence-corrected chi connectivity index (χ4v) is 1.10. The normalized spacial score (nSPS) is 9.81. The second-order valence-corrected chi connectivity index (χ2v) is 2.91. The number of aromatic nitrogens is 2. The predicted molar refractivity (Wildman–Crippen MR) is 56.5 cm³/mol. The number of hydrazine groups is 1. The van der Waals surface area contributed by atoms with Gasteiger partial charge in [-0.15, -0.1) is 0 Å². The fraction of sp³-hybridized carbons (Fsp3) is 0.